The molecule has 2 heteroatoms. The second-order valence-electron chi connectivity index (χ2n) is 0.443. The van der Waals surface area contributed by atoms with E-state index in [0.717, 1.165) is 0 Å². The van der Waals surface area contributed by atoms with Crippen LogP contribution in [0.4, 0.5) is 0 Å². The summed E-state index contributed by atoms with van der Waals surface area (Å²) in [6, 6.07) is 0. The summed E-state index contributed by atoms with van der Waals surface area (Å²) in [5.41, 5.74) is 0. The Balaban J connectivity index is 0. The Bertz CT molecular complexity index is 20.9. The Labute approximate surface area is 47.1 Å². The zero-order chi connectivity index (χ0) is 3.41. The molecule has 0 aromatic carbocycles. The first-order valence-electron chi connectivity index (χ1n) is 1.08. The maximum absolute atomic E-state index is 5.07. The molecule has 0 fully saturated rings. The van der Waals surface area contributed by atoms with E-state index in [2.05, 4.69) is 6.58 Å². The predicted octanol–water partition coefficient (Wildman–Crippen LogP) is 1.41. The molecule has 0 saturated carbocycles. The number of rotatable bonds is 1. The van der Waals surface area contributed by atoms with Crippen LogP contribution in [0.1, 0.15) is 0 Å². The Morgan fingerprint density at radius 2 is 2.00 bits per heavy atom. The second kappa shape index (κ2) is 8.82. The molecule has 0 aromatic heterocycles. The molecule has 0 amide bonds. The standard InChI is InChI=1S/C3H5Cl.Ni/c1-2-3-4;/h2H,1,3H2;. The third-order valence-corrected chi connectivity index (χ3v) is 0.327. The van der Waals surface area contributed by atoms with Crippen LogP contribution in [0.25, 0.3) is 0 Å². The van der Waals surface area contributed by atoms with Gasteiger partial charge < -0.3 is 0 Å². The molecule has 0 aliphatic heterocycles. The normalized spacial score (nSPS) is 5.00. The van der Waals surface area contributed by atoms with Gasteiger partial charge >= 0.3 is 0 Å². The smallest absolute Gasteiger partial charge is 0.0401 e. The van der Waals surface area contributed by atoms with Gasteiger partial charge in [0.1, 0.15) is 0 Å². The van der Waals surface area contributed by atoms with Crippen LogP contribution in [0.3, 0.4) is 0 Å². The van der Waals surface area contributed by atoms with Gasteiger partial charge in [0, 0.05) is 22.4 Å². The largest absolute Gasteiger partial charge is 0.122 e. The Morgan fingerprint density at radius 1 is 1.80 bits per heavy atom. The van der Waals surface area contributed by atoms with Gasteiger partial charge in [-0.25, -0.2) is 0 Å². The molecule has 0 heterocycles. The number of hydrogen-bond donors (Lipinski definition) is 0. The van der Waals surface area contributed by atoms with E-state index in [1.807, 2.05) is 0 Å². The van der Waals surface area contributed by atoms with Crippen LogP contribution in [0.15, 0.2) is 12.7 Å². The Hall–Kier alpha value is 0.524. The molecule has 0 aliphatic rings. The SMILES string of the molecule is C=CCCl.[Ni]. The van der Waals surface area contributed by atoms with Crippen LogP contribution in [0.5, 0.6) is 0 Å². The molecular formula is C3H5ClNi. The molecule has 0 saturated heterocycles. The molecule has 5 heavy (non-hydrogen) atoms. The van der Waals surface area contributed by atoms with Crippen molar-refractivity contribution in [1.82, 2.24) is 0 Å². The monoisotopic (exact) mass is 134 g/mol. The molecule has 0 atom stereocenters. The molecule has 0 aromatic rings. The van der Waals surface area contributed by atoms with E-state index < -0.39 is 0 Å². The number of hydrogen-bond acceptors (Lipinski definition) is 0. The molecule has 34 valence electrons. The van der Waals surface area contributed by atoms with Gasteiger partial charge in [-0.2, -0.15) is 0 Å². The van der Waals surface area contributed by atoms with Crippen LogP contribution in [0.2, 0.25) is 0 Å². The Kier molecular flexibility index (Phi) is 16.1. The van der Waals surface area contributed by atoms with Crippen LogP contribution < -0.4 is 0 Å². The van der Waals surface area contributed by atoms with E-state index in [0.29, 0.717) is 5.88 Å². The fourth-order valence-corrected chi connectivity index (χ4v) is 0. The number of halogens is 1. The maximum atomic E-state index is 5.07. The minimum absolute atomic E-state index is 0. The summed E-state index contributed by atoms with van der Waals surface area (Å²) in [4.78, 5) is 0. The van der Waals surface area contributed by atoms with Crippen molar-refractivity contribution in [3.8, 4) is 0 Å². The van der Waals surface area contributed by atoms with Crippen molar-refractivity contribution in [2.75, 3.05) is 5.88 Å². The fourth-order valence-electron chi connectivity index (χ4n) is 0. The van der Waals surface area contributed by atoms with E-state index in [9.17, 15) is 0 Å². The van der Waals surface area contributed by atoms with Gasteiger partial charge in [0.05, 0.1) is 0 Å². The topological polar surface area (TPSA) is 0 Å². The van der Waals surface area contributed by atoms with Gasteiger partial charge in [0.25, 0.3) is 0 Å². The van der Waals surface area contributed by atoms with Crippen molar-refractivity contribution in [1.29, 1.82) is 0 Å². The van der Waals surface area contributed by atoms with Crippen LogP contribution >= 0.6 is 11.6 Å². The summed E-state index contributed by atoms with van der Waals surface area (Å²) < 4.78 is 0. The van der Waals surface area contributed by atoms with E-state index in [4.69, 9.17) is 11.6 Å². The predicted molar refractivity (Wildman–Crippen MR) is 20.9 cm³/mol. The van der Waals surface area contributed by atoms with Gasteiger partial charge in [-0.15, -0.1) is 18.2 Å². The zero-order valence-corrected chi connectivity index (χ0v) is 4.43. The molecule has 0 nitrogen and oxygen atoms in total. The molecule has 0 radical (unpaired) electrons. The Morgan fingerprint density at radius 3 is 2.00 bits per heavy atom. The van der Waals surface area contributed by atoms with Crippen LogP contribution in [-0.2, 0) is 16.5 Å². The van der Waals surface area contributed by atoms with Gasteiger partial charge in [0.15, 0.2) is 0 Å². The zero-order valence-electron chi connectivity index (χ0n) is 2.69. The van der Waals surface area contributed by atoms with E-state index in [1.165, 1.54) is 0 Å². The minimum Gasteiger partial charge on any atom is -0.122 e. The summed E-state index contributed by atoms with van der Waals surface area (Å²) in [7, 11) is 0. The summed E-state index contributed by atoms with van der Waals surface area (Å²) >= 11 is 5.07. The fraction of sp³-hybridized carbons (Fsp3) is 0.333. The molecule has 0 unspecified atom stereocenters. The average Bonchev–Trinajstić information content (AvgIpc) is 1.37. The summed E-state index contributed by atoms with van der Waals surface area (Å²) in [5.74, 6) is 0.556. The molecule has 0 N–H and O–H groups in total. The van der Waals surface area contributed by atoms with Crippen molar-refractivity contribution in [2.24, 2.45) is 0 Å². The first-order valence-corrected chi connectivity index (χ1v) is 1.62. The van der Waals surface area contributed by atoms with E-state index in [-0.39, 0.29) is 16.5 Å². The van der Waals surface area contributed by atoms with Crippen molar-refractivity contribution in [2.45, 2.75) is 0 Å². The molecular weight excluding hydrogens is 130 g/mol. The first kappa shape index (κ1) is 9.10. The van der Waals surface area contributed by atoms with Gasteiger partial charge in [0.2, 0.25) is 0 Å². The first-order chi connectivity index (χ1) is 1.91. The van der Waals surface area contributed by atoms with Crippen molar-refractivity contribution >= 4 is 11.6 Å². The third-order valence-electron chi connectivity index (χ3n) is 0.109. The number of alkyl halides is 1. The van der Waals surface area contributed by atoms with Gasteiger partial charge in [-0.05, 0) is 0 Å². The summed E-state index contributed by atoms with van der Waals surface area (Å²) in [6.07, 6.45) is 1.64. The van der Waals surface area contributed by atoms with Gasteiger partial charge in [-0.3, -0.25) is 0 Å². The van der Waals surface area contributed by atoms with Crippen LogP contribution in [0, 0.1) is 0 Å². The van der Waals surface area contributed by atoms with E-state index >= 15 is 0 Å². The molecule has 0 bridgehead atoms. The number of allylic oxidation sites excluding steroid dienone is 1. The average molecular weight is 135 g/mol. The quantitative estimate of drug-likeness (QED) is 0.290. The van der Waals surface area contributed by atoms with Crippen molar-refractivity contribution in [3.05, 3.63) is 12.7 Å². The molecule has 0 aliphatic carbocycles. The maximum Gasteiger partial charge on any atom is 0.0401 e. The summed E-state index contributed by atoms with van der Waals surface area (Å²) in [5, 5.41) is 0. The molecule has 0 rings (SSSR count). The third kappa shape index (κ3) is 12.4. The summed E-state index contributed by atoms with van der Waals surface area (Å²) in [6.45, 7) is 3.35. The molecule has 0 spiro atoms. The van der Waals surface area contributed by atoms with E-state index in [1.54, 1.807) is 6.08 Å². The van der Waals surface area contributed by atoms with Crippen molar-refractivity contribution < 1.29 is 16.5 Å². The van der Waals surface area contributed by atoms with Gasteiger partial charge in [-0.1, -0.05) is 6.08 Å². The van der Waals surface area contributed by atoms with Crippen LogP contribution in [-0.4, -0.2) is 5.88 Å². The van der Waals surface area contributed by atoms with Crippen molar-refractivity contribution in [3.63, 3.8) is 0 Å². The second-order valence-corrected chi connectivity index (χ2v) is 0.752. The minimum atomic E-state index is 0.